The van der Waals surface area contributed by atoms with Crippen LogP contribution in [0.4, 0.5) is 5.82 Å². The lowest BCUT2D eigenvalue weighted by Crippen LogP contribution is -2.40. The average molecular weight is 446 g/mol. The Bertz CT molecular complexity index is 1070. The van der Waals surface area contributed by atoms with E-state index < -0.39 is 10.0 Å². The van der Waals surface area contributed by atoms with E-state index in [0.29, 0.717) is 35.0 Å². The molecule has 1 unspecified atom stereocenters. The molecule has 0 aliphatic carbocycles. The van der Waals surface area contributed by atoms with Gasteiger partial charge in [-0.15, -0.1) is 0 Å². The molecule has 168 valence electrons. The molecular formula is C22H31N5O3S. The fourth-order valence-electron chi connectivity index (χ4n) is 4.56. The number of fused-ring (bicyclic) bond motifs is 1. The topological polar surface area (TPSA) is 96.5 Å². The molecule has 31 heavy (non-hydrogen) atoms. The van der Waals surface area contributed by atoms with Crippen LogP contribution in [0.25, 0.3) is 0 Å². The number of piperidine rings is 1. The molecule has 2 N–H and O–H groups in total. The minimum Gasteiger partial charge on any atom is -0.496 e. The maximum absolute atomic E-state index is 13.8. The molecule has 1 saturated heterocycles. The summed E-state index contributed by atoms with van der Waals surface area (Å²) in [5.41, 5.74) is 3.56. The van der Waals surface area contributed by atoms with Gasteiger partial charge in [0.1, 0.15) is 17.4 Å². The average Bonchev–Trinajstić information content (AvgIpc) is 2.79. The largest absolute Gasteiger partial charge is 0.496 e. The third kappa shape index (κ3) is 4.02. The molecule has 2 aliphatic rings. The van der Waals surface area contributed by atoms with Crippen molar-refractivity contribution in [1.82, 2.24) is 19.6 Å². The van der Waals surface area contributed by atoms with E-state index >= 15 is 0 Å². The van der Waals surface area contributed by atoms with Crippen molar-refractivity contribution in [1.29, 1.82) is 0 Å². The van der Waals surface area contributed by atoms with Gasteiger partial charge in [0.15, 0.2) is 0 Å². The van der Waals surface area contributed by atoms with Gasteiger partial charge in [0.25, 0.3) is 0 Å². The normalized spacial score (nSPS) is 19.7. The number of nitrogens with zero attached hydrogens (tertiary/aromatic N) is 3. The van der Waals surface area contributed by atoms with Crippen molar-refractivity contribution < 1.29 is 13.2 Å². The number of anilines is 1. The van der Waals surface area contributed by atoms with Crippen LogP contribution in [0.3, 0.4) is 0 Å². The first-order valence-electron chi connectivity index (χ1n) is 10.8. The van der Waals surface area contributed by atoms with E-state index in [2.05, 4.69) is 10.6 Å². The van der Waals surface area contributed by atoms with Crippen molar-refractivity contribution in [2.24, 2.45) is 0 Å². The molecule has 1 fully saturated rings. The standard InChI is InChI=1S/C22H31N5O3S/c1-14-12-20(15(2)11-19(14)30-4)31(28,29)27-10-6-5-7-18(27)22-25-17-8-9-24-13-16(17)21(23-3)26-22/h11-12,18,24H,5-10,13H2,1-4H3,(H,23,25,26). The summed E-state index contributed by atoms with van der Waals surface area (Å²) in [6.45, 7) is 5.74. The SMILES string of the molecule is CNc1nc(C2CCCCN2S(=O)(=O)c2cc(C)c(OC)cc2C)nc2c1CNCC2. The molecule has 1 atom stereocenters. The first-order valence-corrected chi connectivity index (χ1v) is 12.3. The van der Waals surface area contributed by atoms with Gasteiger partial charge in [-0.25, -0.2) is 18.4 Å². The predicted octanol–water partition coefficient (Wildman–Crippen LogP) is 2.71. The van der Waals surface area contributed by atoms with Crippen molar-refractivity contribution in [2.75, 3.05) is 32.6 Å². The van der Waals surface area contributed by atoms with E-state index in [1.54, 1.807) is 23.5 Å². The van der Waals surface area contributed by atoms with Crippen LogP contribution in [-0.4, -0.2) is 49.9 Å². The Morgan fingerprint density at radius 1 is 1.19 bits per heavy atom. The fourth-order valence-corrected chi connectivity index (χ4v) is 6.50. The van der Waals surface area contributed by atoms with Gasteiger partial charge < -0.3 is 15.4 Å². The lowest BCUT2D eigenvalue weighted by Gasteiger charge is -2.35. The number of hydrogen-bond donors (Lipinski definition) is 2. The zero-order chi connectivity index (χ0) is 22.2. The van der Waals surface area contributed by atoms with Crippen LogP contribution in [0, 0.1) is 13.8 Å². The fraction of sp³-hybridized carbons (Fsp3) is 0.545. The van der Waals surface area contributed by atoms with Crippen LogP contribution < -0.4 is 15.4 Å². The second-order valence-electron chi connectivity index (χ2n) is 8.25. The summed E-state index contributed by atoms with van der Waals surface area (Å²) in [4.78, 5) is 9.95. The smallest absolute Gasteiger partial charge is 0.244 e. The molecule has 0 bridgehead atoms. The highest BCUT2D eigenvalue weighted by Gasteiger charge is 2.37. The third-order valence-corrected chi connectivity index (χ3v) is 8.27. The Hall–Kier alpha value is -2.23. The quantitative estimate of drug-likeness (QED) is 0.730. The Morgan fingerprint density at radius 3 is 2.74 bits per heavy atom. The van der Waals surface area contributed by atoms with Gasteiger partial charge in [0.2, 0.25) is 10.0 Å². The van der Waals surface area contributed by atoms with Crippen molar-refractivity contribution >= 4 is 15.8 Å². The zero-order valence-corrected chi connectivity index (χ0v) is 19.5. The lowest BCUT2D eigenvalue weighted by molar-refractivity contribution is 0.246. The summed E-state index contributed by atoms with van der Waals surface area (Å²) in [7, 11) is -0.270. The van der Waals surface area contributed by atoms with Gasteiger partial charge in [-0.05, 0) is 49.9 Å². The Kier molecular flexibility index (Phi) is 6.18. The number of aryl methyl sites for hydroxylation is 2. The van der Waals surface area contributed by atoms with Gasteiger partial charge in [0, 0.05) is 38.7 Å². The van der Waals surface area contributed by atoms with E-state index in [1.165, 1.54) is 0 Å². The molecule has 0 saturated carbocycles. The number of ether oxygens (including phenoxy) is 1. The van der Waals surface area contributed by atoms with E-state index in [9.17, 15) is 8.42 Å². The number of hydrogen-bond acceptors (Lipinski definition) is 7. The Morgan fingerprint density at radius 2 is 2.00 bits per heavy atom. The Balaban J connectivity index is 1.77. The molecule has 2 aromatic rings. The van der Waals surface area contributed by atoms with Crippen LogP contribution in [0.1, 0.15) is 53.5 Å². The molecule has 0 spiro atoms. The number of sulfonamides is 1. The number of rotatable bonds is 5. The minimum absolute atomic E-state index is 0.328. The predicted molar refractivity (Wildman–Crippen MR) is 120 cm³/mol. The van der Waals surface area contributed by atoms with Gasteiger partial charge >= 0.3 is 0 Å². The molecule has 9 heteroatoms. The number of nitrogens with one attached hydrogen (secondary N) is 2. The van der Waals surface area contributed by atoms with E-state index in [0.717, 1.165) is 55.0 Å². The van der Waals surface area contributed by atoms with Gasteiger partial charge in [-0.3, -0.25) is 0 Å². The lowest BCUT2D eigenvalue weighted by atomic mass is 10.0. The summed E-state index contributed by atoms with van der Waals surface area (Å²) < 4.78 is 34.6. The van der Waals surface area contributed by atoms with E-state index in [4.69, 9.17) is 14.7 Å². The molecule has 2 aliphatic heterocycles. The zero-order valence-electron chi connectivity index (χ0n) is 18.7. The molecule has 4 rings (SSSR count). The van der Waals surface area contributed by atoms with Crippen LogP contribution in [0.15, 0.2) is 17.0 Å². The Labute approximate surface area is 184 Å². The van der Waals surface area contributed by atoms with Gasteiger partial charge in [0.05, 0.1) is 23.7 Å². The van der Waals surface area contributed by atoms with E-state index in [1.807, 2.05) is 20.9 Å². The highest BCUT2D eigenvalue weighted by molar-refractivity contribution is 7.89. The molecule has 0 amide bonds. The highest BCUT2D eigenvalue weighted by Crippen LogP contribution is 2.37. The second kappa shape index (κ2) is 8.72. The van der Waals surface area contributed by atoms with Gasteiger partial charge in [-0.2, -0.15) is 4.31 Å². The molecule has 8 nitrogen and oxygen atoms in total. The highest BCUT2D eigenvalue weighted by atomic mass is 32.2. The number of methoxy groups -OCH3 is 1. The van der Waals surface area contributed by atoms with Crippen LogP contribution >= 0.6 is 0 Å². The molecular weight excluding hydrogens is 414 g/mol. The molecule has 1 aromatic heterocycles. The number of benzene rings is 1. The van der Waals surface area contributed by atoms with Crippen LogP contribution in [0.5, 0.6) is 5.75 Å². The molecule has 3 heterocycles. The van der Waals surface area contributed by atoms with Crippen molar-refractivity contribution in [3.8, 4) is 5.75 Å². The summed E-state index contributed by atoms with van der Waals surface area (Å²) >= 11 is 0. The summed E-state index contributed by atoms with van der Waals surface area (Å²) in [5, 5.41) is 6.53. The van der Waals surface area contributed by atoms with E-state index in [-0.39, 0.29) is 6.04 Å². The maximum Gasteiger partial charge on any atom is 0.244 e. The van der Waals surface area contributed by atoms with Crippen LogP contribution in [0.2, 0.25) is 0 Å². The minimum atomic E-state index is -3.71. The monoisotopic (exact) mass is 445 g/mol. The van der Waals surface area contributed by atoms with Gasteiger partial charge in [-0.1, -0.05) is 6.42 Å². The maximum atomic E-state index is 13.8. The first kappa shape index (κ1) is 22.0. The molecule has 1 aromatic carbocycles. The summed E-state index contributed by atoms with van der Waals surface area (Å²) in [6, 6.07) is 3.14. The van der Waals surface area contributed by atoms with Crippen molar-refractivity contribution in [2.45, 2.75) is 57.0 Å². The van der Waals surface area contributed by atoms with Crippen molar-refractivity contribution in [3.63, 3.8) is 0 Å². The third-order valence-electron chi connectivity index (χ3n) is 6.22. The second-order valence-corrected chi connectivity index (χ2v) is 10.1. The number of aromatic nitrogens is 2. The first-order chi connectivity index (χ1) is 14.9. The summed E-state index contributed by atoms with van der Waals surface area (Å²) in [5.74, 6) is 2.07. The van der Waals surface area contributed by atoms with Crippen molar-refractivity contribution in [3.05, 3.63) is 40.3 Å². The van der Waals surface area contributed by atoms with Crippen LogP contribution in [-0.2, 0) is 23.0 Å². The summed E-state index contributed by atoms with van der Waals surface area (Å²) in [6.07, 6.45) is 3.31. The molecule has 0 radical (unpaired) electrons.